The van der Waals surface area contributed by atoms with Crippen molar-refractivity contribution in [3.63, 3.8) is 0 Å². The number of aryl methyl sites for hydroxylation is 1. The third-order valence-corrected chi connectivity index (χ3v) is 5.33. The van der Waals surface area contributed by atoms with Gasteiger partial charge in [0, 0.05) is 31.4 Å². The van der Waals surface area contributed by atoms with Gasteiger partial charge in [0.05, 0.1) is 25.5 Å². The van der Waals surface area contributed by atoms with Crippen LogP contribution in [0.2, 0.25) is 0 Å². The number of carbonyl (C=O) groups is 1. The first-order valence-electron chi connectivity index (χ1n) is 9.77. The van der Waals surface area contributed by atoms with E-state index in [0.717, 1.165) is 25.4 Å². The lowest BCUT2D eigenvalue weighted by Crippen LogP contribution is -2.44. The highest BCUT2D eigenvalue weighted by atomic mass is 16.3. The second kappa shape index (κ2) is 9.19. The summed E-state index contributed by atoms with van der Waals surface area (Å²) in [6, 6.07) is 4.06. The average Bonchev–Trinajstić information content (AvgIpc) is 3.31. The number of likely N-dealkylation sites (tertiary alicyclic amines) is 1. The summed E-state index contributed by atoms with van der Waals surface area (Å²) in [6.45, 7) is 6.10. The maximum atomic E-state index is 12.2. The summed E-state index contributed by atoms with van der Waals surface area (Å²) in [5.74, 6) is 1.29. The van der Waals surface area contributed by atoms with E-state index in [1.165, 1.54) is 18.4 Å². The molecule has 3 heterocycles. The molecule has 0 radical (unpaired) electrons. The van der Waals surface area contributed by atoms with Gasteiger partial charge in [-0.25, -0.2) is 0 Å². The number of nitrogens with one attached hydrogen (secondary N) is 1. The highest BCUT2D eigenvalue weighted by Crippen LogP contribution is 2.36. The van der Waals surface area contributed by atoms with Crippen molar-refractivity contribution in [2.24, 2.45) is 13.0 Å². The third-order valence-electron chi connectivity index (χ3n) is 5.33. The molecule has 2 aromatic heterocycles. The van der Waals surface area contributed by atoms with Crippen LogP contribution < -0.4 is 5.32 Å². The van der Waals surface area contributed by atoms with Gasteiger partial charge < -0.3 is 9.73 Å². The zero-order chi connectivity index (χ0) is 19.2. The monoisotopic (exact) mass is 373 g/mol. The normalized spacial score (nSPS) is 20.9. The Labute approximate surface area is 161 Å². The van der Waals surface area contributed by atoms with Crippen LogP contribution in [0.3, 0.4) is 0 Å². The first-order chi connectivity index (χ1) is 13.1. The van der Waals surface area contributed by atoms with Crippen LogP contribution in [0.1, 0.15) is 37.1 Å². The Kier molecular flexibility index (Phi) is 6.68. The van der Waals surface area contributed by atoms with Gasteiger partial charge in [-0.2, -0.15) is 5.10 Å². The predicted octanol–water partition coefficient (Wildman–Crippen LogP) is 2.03. The maximum absolute atomic E-state index is 12.2. The first kappa shape index (κ1) is 19.6. The fraction of sp³-hybridized carbons (Fsp3) is 0.600. The molecule has 0 saturated carbocycles. The molecule has 1 amide bonds. The third kappa shape index (κ3) is 5.20. The van der Waals surface area contributed by atoms with Crippen molar-refractivity contribution >= 4 is 5.91 Å². The number of likely N-dealkylation sites (N-methyl/N-ethyl adjacent to an activating group) is 1. The summed E-state index contributed by atoms with van der Waals surface area (Å²) in [7, 11) is 3.99. The molecule has 0 aliphatic carbocycles. The molecular weight excluding hydrogens is 342 g/mol. The number of carbonyl (C=O) groups excluding carboxylic acids is 1. The van der Waals surface area contributed by atoms with Crippen LogP contribution in [0, 0.1) is 5.92 Å². The number of rotatable bonds is 8. The van der Waals surface area contributed by atoms with Crippen molar-refractivity contribution in [3.8, 4) is 0 Å². The Balaban J connectivity index is 1.57. The van der Waals surface area contributed by atoms with Gasteiger partial charge in [-0.1, -0.05) is 6.92 Å². The lowest BCUT2D eigenvalue weighted by Gasteiger charge is -2.42. The summed E-state index contributed by atoms with van der Waals surface area (Å²) in [5.41, 5.74) is 1.28. The van der Waals surface area contributed by atoms with E-state index < -0.39 is 0 Å². The molecule has 1 saturated heterocycles. The second-order valence-electron chi connectivity index (χ2n) is 7.48. The minimum Gasteiger partial charge on any atom is -0.467 e. The molecule has 0 aromatic carbocycles. The summed E-state index contributed by atoms with van der Waals surface area (Å²) in [6.07, 6.45) is 8.11. The molecule has 0 unspecified atom stereocenters. The van der Waals surface area contributed by atoms with Crippen LogP contribution in [0.25, 0.3) is 0 Å². The predicted molar refractivity (Wildman–Crippen MR) is 104 cm³/mol. The Morgan fingerprint density at radius 3 is 3.00 bits per heavy atom. The number of furan rings is 1. The van der Waals surface area contributed by atoms with Crippen molar-refractivity contribution in [1.29, 1.82) is 0 Å². The van der Waals surface area contributed by atoms with Crippen LogP contribution in [-0.2, 0) is 18.4 Å². The number of hydrogen-bond acceptors (Lipinski definition) is 5. The average molecular weight is 374 g/mol. The van der Waals surface area contributed by atoms with Gasteiger partial charge in [0.1, 0.15) is 5.76 Å². The number of hydrogen-bond donors (Lipinski definition) is 1. The summed E-state index contributed by atoms with van der Waals surface area (Å²) in [5, 5.41) is 7.30. The van der Waals surface area contributed by atoms with Crippen LogP contribution in [-0.4, -0.2) is 58.7 Å². The van der Waals surface area contributed by atoms with Crippen LogP contribution in [0.15, 0.2) is 35.2 Å². The number of piperidine rings is 1. The molecule has 1 aliphatic rings. The maximum Gasteiger partial charge on any atom is 0.234 e. The van der Waals surface area contributed by atoms with E-state index in [1.54, 1.807) is 6.26 Å². The molecule has 3 rings (SSSR count). The van der Waals surface area contributed by atoms with Gasteiger partial charge in [-0.15, -0.1) is 0 Å². The van der Waals surface area contributed by atoms with E-state index in [1.807, 2.05) is 37.1 Å². The minimum atomic E-state index is 0.0231. The smallest absolute Gasteiger partial charge is 0.234 e. The van der Waals surface area contributed by atoms with E-state index in [9.17, 15) is 4.79 Å². The highest BCUT2D eigenvalue weighted by molar-refractivity contribution is 5.77. The zero-order valence-electron chi connectivity index (χ0n) is 16.6. The molecule has 1 N–H and O–H groups in total. The molecule has 0 spiro atoms. The van der Waals surface area contributed by atoms with E-state index >= 15 is 0 Å². The van der Waals surface area contributed by atoms with Crippen molar-refractivity contribution in [1.82, 2.24) is 24.9 Å². The van der Waals surface area contributed by atoms with Crippen molar-refractivity contribution < 1.29 is 9.21 Å². The quantitative estimate of drug-likeness (QED) is 0.767. The molecule has 7 heteroatoms. The lowest BCUT2D eigenvalue weighted by molar-refractivity contribution is -0.122. The fourth-order valence-electron chi connectivity index (χ4n) is 4.14. The number of amides is 1. The largest absolute Gasteiger partial charge is 0.467 e. The Bertz CT molecular complexity index is 712. The van der Waals surface area contributed by atoms with Gasteiger partial charge in [0.2, 0.25) is 5.91 Å². The van der Waals surface area contributed by atoms with Crippen molar-refractivity contribution in [3.05, 3.63) is 42.1 Å². The number of aromatic nitrogens is 2. The first-order valence-corrected chi connectivity index (χ1v) is 9.77. The Morgan fingerprint density at radius 1 is 1.48 bits per heavy atom. The molecule has 0 bridgehead atoms. The summed E-state index contributed by atoms with van der Waals surface area (Å²) >= 11 is 0. The van der Waals surface area contributed by atoms with Crippen LogP contribution in [0.5, 0.6) is 0 Å². The van der Waals surface area contributed by atoms with Gasteiger partial charge in [0.15, 0.2) is 0 Å². The van der Waals surface area contributed by atoms with Crippen LogP contribution >= 0.6 is 0 Å². The van der Waals surface area contributed by atoms with Crippen LogP contribution in [0.4, 0.5) is 0 Å². The lowest BCUT2D eigenvalue weighted by atomic mass is 9.85. The van der Waals surface area contributed by atoms with Gasteiger partial charge >= 0.3 is 0 Å². The van der Waals surface area contributed by atoms with Crippen molar-refractivity contribution in [2.75, 3.05) is 33.2 Å². The Hall–Kier alpha value is -2.12. The molecule has 1 aliphatic heterocycles. The highest BCUT2D eigenvalue weighted by Gasteiger charge is 2.33. The fourth-order valence-corrected chi connectivity index (χ4v) is 4.14. The van der Waals surface area contributed by atoms with E-state index in [2.05, 4.69) is 33.3 Å². The topological polar surface area (TPSA) is 66.5 Å². The zero-order valence-corrected chi connectivity index (χ0v) is 16.6. The standard InChI is InChI=1S/C20H31N5O2/c1-4-25-9-5-7-16(20(25)17-11-22-24(3)14-17)13-23(2)15-19(26)21-12-18-8-6-10-27-18/h6,8,10-11,14,16,20H,4-5,7,9,12-13,15H2,1-3H3,(H,21,26)/t16-,20+/m0/s1. The molecule has 2 aromatic rings. The van der Waals surface area contributed by atoms with Crippen molar-refractivity contribution in [2.45, 2.75) is 32.4 Å². The molecule has 148 valence electrons. The van der Waals surface area contributed by atoms with E-state index in [4.69, 9.17) is 4.42 Å². The molecule has 2 atom stereocenters. The number of nitrogens with zero attached hydrogens (tertiary/aromatic N) is 4. The van der Waals surface area contributed by atoms with Gasteiger partial charge in [0.25, 0.3) is 0 Å². The van der Waals surface area contributed by atoms with Gasteiger partial charge in [-0.05, 0) is 51.0 Å². The van der Waals surface area contributed by atoms with E-state index in [0.29, 0.717) is 25.0 Å². The SMILES string of the molecule is CCN1CCC[C@@H](CN(C)CC(=O)NCc2ccco2)[C@@H]1c1cnn(C)c1. The molecule has 27 heavy (non-hydrogen) atoms. The van der Waals surface area contributed by atoms with E-state index in [-0.39, 0.29) is 5.91 Å². The van der Waals surface area contributed by atoms with Gasteiger partial charge in [-0.3, -0.25) is 19.3 Å². The molecular formula is C20H31N5O2. The molecule has 1 fully saturated rings. The minimum absolute atomic E-state index is 0.0231. The Morgan fingerprint density at radius 2 is 2.33 bits per heavy atom. The summed E-state index contributed by atoms with van der Waals surface area (Å²) < 4.78 is 7.13. The molecule has 7 nitrogen and oxygen atoms in total. The summed E-state index contributed by atoms with van der Waals surface area (Å²) in [4.78, 5) is 16.9. The second-order valence-corrected chi connectivity index (χ2v) is 7.48.